The van der Waals surface area contributed by atoms with Gasteiger partial charge < -0.3 is 14.8 Å². The number of ether oxygens (including phenoxy) is 2. The van der Waals surface area contributed by atoms with Crippen molar-refractivity contribution >= 4 is 10.8 Å². The largest absolute Gasteiger partial charge is 0.496 e. The summed E-state index contributed by atoms with van der Waals surface area (Å²) in [6.45, 7) is 1.70. The number of hydrogen-bond acceptors (Lipinski definition) is 3. The van der Waals surface area contributed by atoms with Crippen molar-refractivity contribution in [2.45, 2.75) is 31.4 Å². The summed E-state index contributed by atoms with van der Waals surface area (Å²) in [6, 6.07) is 12.6. The maximum absolute atomic E-state index is 5.66. The summed E-state index contributed by atoms with van der Waals surface area (Å²) in [5, 5.41) is 6.06. The van der Waals surface area contributed by atoms with Crippen LogP contribution in [0.25, 0.3) is 10.8 Å². The molecule has 3 rings (SSSR count). The maximum Gasteiger partial charge on any atom is 0.123 e. The lowest BCUT2D eigenvalue weighted by Crippen LogP contribution is -2.47. The van der Waals surface area contributed by atoms with Crippen LogP contribution in [0.15, 0.2) is 36.4 Å². The summed E-state index contributed by atoms with van der Waals surface area (Å²) >= 11 is 0. The van der Waals surface area contributed by atoms with Crippen molar-refractivity contribution in [3.63, 3.8) is 0 Å². The molecule has 0 amide bonds. The minimum Gasteiger partial charge on any atom is -0.496 e. The Morgan fingerprint density at radius 2 is 1.90 bits per heavy atom. The van der Waals surface area contributed by atoms with E-state index in [1.807, 2.05) is 7.11 Å². The van der Waals surface area contributed by atoms with Crippen molar-refractivity contribution in [1.29, 1.82) is 0 Å². The van der Waals surface area contributed by atoms with Crippen molar-refractivity contribution in [1.82, 2.24) is 5.32 Å². The average Bonchev–Trinajstić information content (AvgIpc) is 2.50. The highest BCUT2D eigenvalue weighted by Gasteiger charge is 2.36. The lowest BCUT2D eigenvalue weighted by molar-refractivity contribution is -0.0695. The van der Waals surface area contributed by atoms with Gasteiger partial charge in [0.25, 0.3) is 0 Å². The van der Waals surface area contributed by atoms with Crippen LogP contribution in [0.4, 0.5) is 0 Å². The van der Waals surface area contributed by atoms with Gasteiger partial charge in [-0.05, 0) is 36.1 Å². The van der Waals surface area contributed by atoms with Gasteiger partial charge in [-0.3, -0.25) is 0 Å². The Kier molecular flexibility index (Phi) is 4.13. The molecule has 3 nitrogen and oxygen atoms in total. The fourth-order valence-electron chi connectivity index (χ4n) is 3.13. The first-order chi connectivity index (χ1) is 10.3. The Morgan fingerprint density at radius 1 is 1.10 bits per heavy atom. The lowest BCUT2D eigenvalue weighted by Gasteiger charge is -2.40. The third kappa shape index (κ3) is 2.76. The SMILES string of the molecule is COc1ccc2ccccc2c1CNCC1(OC)CCC1. The van der Waals surface area contributed by atoms with Crippen LogP contribution in [-0.2, 0) is 11.3 Å². The van der Waals surface area contributed by atoms with Crippen molar-refractivity contribution in [3.05, 3.63) is 42.0 Å². The molecule has 0 spiro atoms. The van der Waals surface area contributed by atoms with Crippen molar-refractivity contribution in [3.8, 4) is 5.75 Å². The fraction of sp³-hybridized carbons (Fsp3) is 0.444. The van der Waals surface area contributed by atoms with E-state index in [0.717, 1.165) is 31.7 Å². The topological polar surface area (TPSA) is 30.5 Å². The van der Waals surface area contributed by atoms with E-state index >= 15 is 0 Å². The number of hydrogen-bond donors (Lipinski definition) is 1. The third-order valence-corrected chi connectivity index (χ3v) is 4.66. The van der Waals surface area contributed by atoms with Crippen molar-refractivity contribution < 1.29 is 9.47 Å². The molecule has 2 aromatic carbocycles. The lowest BCUT2D eigenvalue weighted by atomic mass is 9.80. The molecule has 1 N–H and O–H groups in total. The van der Waals surface area contributed by atoms with Crippen LogP contribution in [0.1, 0.15) is 24.8 Å². The van der Waals surface area contributed by atoms with Crippen LogP contribution in [0.3, 0.4) is 0 Å². The van der Waals surface area contributed by atoms with Gasteiger partial charge >= 0.3 is 0 Å². The highest BCUT2D eigenvalue weighted by atomic mass is 16.5. The van der Waals surface area contributed by atoms with E-state index in [1.165, 1.54) is 22.8 Å². The molecule has 1 aliphatic carbocycles. The molecule has 0 aromatic heterocycles. The molecule has 3 heteroatoms. The second-order valence-electron chi connectivity index (χ2n) is 5.81. The highest BCUT2D eigenvalue weighted by Crippen LogP contribution is 2.34. The predicted molar refractivity (Wildman–Crippen MR) is 85.8 cm³/mol. The molecule has 1 saturated carbocycles. The number of rotatable bonds is 6. The molecule has 21 heavy (non-hydrogen) atoms. The molecule has 0 atom stereocenters. The van der Waals surface area contributed by atoms with Gasteiger partial charge in [-0.1, -0.05) is 30.3 Å². The van der Waals surface area contributed by atoms with Crippen molar-refractivity contribution in [2.24, 2.45) is 0 Å². The number of nitrogens with one attached hydrogen (secondary N) is 1. The molecule has 1 aliphatic rings. The second-order valence-corrected chi connectivity index (χ2v) is 5.81. The van der Waals surface area contributed by atoms with E-state index in [-0.39, 0.29) is 5.60 Å². The summed E-state index contributed by atoms with van der Waals surface area (Å²) in [5.74, 6) is 0.946. The fourth-order valence-corrected chi connectivity index (χ4v) is 3.13. The minimum absolute atomic E-state index is 0.0534. The summed E-state index contributed by atoms with van der Waals surface area (Å²) in [5.41, 5.74) is 1.28. The molecule has 0 saturated heterocycles. The zero-order chi connectivity index (χ0) is 14.7. The van der Waals surface area contributed by atoms with Crippen LogP contribution < -0.4 is 10.1 Å². The van der Waals surface area contributed by atoms with Crippen LogP contribution >= 0.6 is 0 Å². The molecule has 112 valence electrons. The standard InChI is InChI=1S/C18H23NO2/c1-20-17-9-8-14-6-3-4-7-15(14)16(17)12-19-13-18(21-2)10-5-11-18/h3-4,6-9,19H,5,10-13H2,1-2H3. The van der Waals surface area contributed by atoms with Gasteiger partial charge in [0.1, 0.15) is 5.75 Å². The maximum atomic E-state index is 5.66. The molecular weight excluding hydrogens is 262 g/mol. The van der Waals surface area contributed by atoms with E-state index in [9.17, 15) is 0 Å². The summed E-state index contributed by atoms with van der Waals surface area (Å²) < 4.78 is 11.2. The Hall–Kier alpha value is -1.58. The Balaban J connectivity index is 1.79. The minimum atomic E-state index is 0.0534. The van der Waals surface area contributed by atoms with Crippen LogP contribution in [-0.4, -0.2) is 26.4 Å². The van der Waals surface area contributed by atoms with Gasteiger partial charge in [-0.25, -0.2) is 0 Å². The summed E-state index contributed by atoms with van der Waals surface area (Å²) in [4.78, 5) is 0. The molecule has 0 bridgehead atoms. The summed E-state index contributed by atoms with van der Waals surface area (Å²) in [7, 11) is 3.55. The first kappa shape index (κ1) is 14.4. The first-order valence-electron chi connectivity index (χ1n) is 7.58. The predicted octanol–water partition coefficient (Wildman–Crippen LogP) is 3.51. The Morgan fingerprint density at radius 3 is 2.57 bits per heavy atom. The zero-order valence-corrected chi connectivity index (χ0v) is 12.8. The average molecular weight is 285 g/mol. The quantitative estimate of drug-likeness (QED) is 0.881. The molecule has 0 unspecified atom stereocenters. The molecular formula is C18H23NO2. The molecule has 1 fully saturated rings. The number of benzene rings is 2. The van der Waals surface area contributed by atoms with E-state index in [4.69, 9.17) is 9.47 Å². The third-order valence-electron chi connectivity index (χ3n) is 4.66. The van der Waals surface area contributed by atoms with Crippen LogP contribution in [0.5, 0.6) is 5.75 Å². The Labute approximate surface area is 126 Å². The zero-order valence-electron chi connectivity index (χ0n) is 12.8. The van der Waals surface area contributed by atoms with E-state index in [0.29, 0.717) is 0 Å². The first-order valence-corrected chi connectivity index (χ1v) is 7.58. The van der Waals surface area contributed by atoms with Gasteiger partial charge in [0.2, 0.25) is 0 Å². The number of fused-ring (bicyclic) bond motifs is 1. The molecule has 0 radical (unpaired) electrons. The normalized spacial score (nSPS) is 16.7. The van der Waals surface area contributed by atoms with Crippen LogP contribution in [0.2, 0.25) is 0 Å². The summed E-state index contributed by atoms with van der Waals surface area (Å²) in [6.07, 6.45) is 3.58. The molecule has 0 aliphatic heterocycles. The van der Waals surface area contributed by atoms with Crippen LogP contribution in [0, 0.1) is 0 Å². The van der Waals surface area contributed by atoms with Gasteiger partial charge in [-0.2, -0.15) is 0 Å². The van der Waals surface area contributed by atoms with Gasteiger partial charge in [-0.15, -0.1) is 0 Å². The van der Waals surface area contributed by atoms with E-state index < -0.39 is 0 Å². The highest BCUT2D eigenvalue weighted by molar-refractivity contribution is 5.87. The van der Waals surface area contributed by atoms with Crippen molar-refractivity contribution in [2.75, 3.05) is 20.8 Å². The monoisotopic (exact) mass is 285 g/mol. The van der Waals surface area contributed by atoms with Gasteiger partial charge in [0, 0.05) is 25.8 Å². The number of methoxy groups -OCH3 is 2. The van der Waals surface area contributed by atoms with Gasteiger partial charge in [0.15, 0.2) is 0 Å². The van der Waals surface area contributed by atoms with E-state index in [2.05, 4.69) is 41.7 Å². The van der Waals surface area contributed by atoms with E-state index in [1.54, 1.807) is 7.11 Å². The second kappa shape index (κ2) is 6.04. The molecule has 2 aromatic rings. The Bertz CT molecular complexity index is 614. The smallest absolute Gasteiger partial charge is 0.123 e. The molecule has 0 heterocycles. The van der Waals surface area contributed by atoms with Gasteiger partial charge in [0.05, 0.1) is 12.7 Å².